The topological polar surface area (TPSA) is 92.1 Å². The maximum absolute atomic E-state index is 12.8. The molecule has 1 atom stereocenters. The number of piperidine rings is 1. The lowest BCUT2D eigenvalue weighted by atomic mass is 10.0. The monoisotopic (exact) mass is 314 g/mol. The molecule has 1 saturated carbocycles. The molecule has 0 spiro atoms. The van der Waals surface area contributed by atoms with Crippen LogP contribution in [0.3, 0.4) is 0 Å². The van der Waals surface area contributed by atoms with Crippen LogP contribution in [0.1, 0.15) is 66.3 Å². The Morgan fingerprint density at radius 3 is 2.91 bits per heavy atom. The summed E-state index contributed by atoms with van der Waals surface area (Å²) in [6.45, 7) is 0.633. The van der Waals surface area contributed by atoms with E-state index in [1.54, 1.807) is 17.0 Å². The molecule has 0 bridgehead atoms. The summed E-state index contributed by atoms with van der Waals surface area (Å²) >= 11 is 0. The third-order valence-electron chi connectivity index (χ3n) is 4.44. The minimum atomic E-state index is -0.278. The first-order valence-corrected chi connectivity index (χ1v) is 8.06. The quantitative estimate of drug-likeness (QED) is 0.935. The van der Waals surface area contributed by atoms with Crippen LogP contribution in [0, 0.1) is 0 Å². The fourth-order valence-corrected chi connectivity index (χ4v) is 3.05. The molecule has 1 aliphatic heterocycles. The number of H-pyrrole nitrogens is 1. The molecule has 2 aliphatic rings. The molecule has 2 aromatic heterocycles. The van der Waals surface area contributed by atoms with Gasteiger partial charge in [-0.05, 0) is 38.2 Å². The Morgan fingerprint density at radius 2 is 2.13 bits per heavy atom. The van der Waals surface area contributed by atoms with E-state index in [4.69, 9.17) is 4.52 Å². The van der Waals surface area contributed by atoms with E-state index in [-0.39, 0.29) is 17.5 Å². The van der Waals surface area contributed by atoms with Crippen LogP contribution in [0.15, 0.2) is 27.5 Å². The molecule has 23 heavy (non-hydrogen) atoms. The van der Waals surface area contributed by atoms with Crippen molar-refractivity contribution < 1.29 is 9.32 Å². The van der Waals surface area contributed by atoms with Crippen molar-refractivity contribution in [3.05, 3.63) is 46.0 Å². The van der Waals surface area contributed by atoms with Gasteiger partial charge in [-0.25, -0.2) is 0 Å². The number of nitrogens with zero attached hydrogens (tertiary/aromatic N) is 3. The lowest BCUT2D eigenvalue weighted by Crippen LogP contribution is -2.39. The number of aromatic nitrogens is 3. The molecule has 120 valence electrons. The van der Waals surface area contributed by atoms with E-state index in [0.29, 0.717) is 29.9 Å². The summed E-state index contributed by atoms with van der Waals surface area (Å²) in [5.74, 6) is 1.48. The number of carbonyl (C=O) groups is 1. The fraction of sp³-hybridized carbons (Fsp3) is 0.500. The number of likely N-dealkylation sites (tertiary alicyclic amines) is 1. The van der Waals surface area contributed by atoms with E-state index in [1.807, 2.05) is 0 Å². The van der Waals surface area contributed by atoms with Gasteiger partial charge in [0.1, 0.15) is 5.69 Å². The highest BCUT2D eigenvalue weighted by atomic mass is 16.5. The van der Waals surface area contributed by atoms with E-state index in [0.717, 1.165) is 32.1 Å². The van der Waals surface area contributed by atoms with Crippen molar-refractivity contribution in [2.24, 2.45) is 0 Å². The van der Waals surface area contributed by atoms with Gasteiger partial charge in [0.25, 0.3) is 5.91 Å². The molecule has 1 N–H and O–H groups in total. The van der Waals surface area contributed by atoms with Gasteiger partial charge in [-0.1, -0.05) is 11.2 Å². The van der Waals surface area contributed by atoms with Gasteiger partial charge < -0.3 is 14.4 Å². The first-order valence-electron chi connectivity index (χ1n) is 8.06. The zero-order valence-corrected chi connectivity index (χ0v) is 12.7. The third-order valence-corrected chi connectivity index (χ3v) is 4.44. The van der Waals surface area contributed by atoms with Crippen LogP contribution < -0.4 is 5.56 Å². The molecule has 2 fully saturated rings. The Labute approximate surface area is 132 Å². The Kier molecular flexibility index (Phi) is 3.48. The van der Waals surface area contributed by atoms with Crippen LogP contribution in [0.25, 0.3) is 0 Å². The van der Waals surface area contributed by atoms with Crippen molar-refractivity contribution in [1.82, 2.24) is 20.0 Å². The average molecular weight is 314 g/mol. The number of amides is 1. The Balaban J connectivity index is 1.61. The fourth-order valence-electron chi connectivity index (χ4n) is 3.05. The molecule has 1 saturated heterocycles. The molecule has 4 rings (SSSR count). The van der Waals surface area contributed by atoms with Gasteiger partial charge in [-0.3, -0.25) is 9.59 Å². The van der Waals surface area contributed by atoms with E-state index in [1.165, 1.54) is 6.07 Å². The Morgan fingerprint density at radius 1 is 1.26 bits per heavy atom. The number of pyridine rings is 1. The van der Waals surface area contributed by atoms with E-state index < -0.39 is 0 Å². The lowest BCUT2D eigenvalue weighted by Gasteiger charge is -2.33. The van der Waals surface area contributed by atoms with Crippen LogP contribution in [0.4, 0.5) is 0 Å². The lowest BCUT2D eigenvalue weighted by molar-refractivity contribution is 0.0590. The molecular formula is C16H18N4O3. The van der Waals surface area contributed by atoms with Crippen LogP contribution in [-0.4, -0.2) is 32.5 Å². The second-order valence-electron chi connectivity index (χ2n) is 6.20. The van der Waals surface area contributed by atoms with Gasteiger partial charge in [0.15, 0.2) is 5.82 Å². The number of aromatic amines is 1. The van der Waals surface area contributed by atoms with Gasteiger partial charge in [-0.2, -0.15) is 4.98 Å². The standard InChI is InChI=1S/C16H18N4O3/c21-13-6-3-4-11(17-13)16(22)20-9-2-1-5-12(20)14-18-15(23-19-14)10-7-8-10/h3-4,6,10,12H,1-2,5,7-9H2,(H,17,21). The van der Waals surface area contributed by atoms with Crippen molar-refractivity contribution in [2.75, 3.05) is 6.54 Å². The van der Waals surface area contributed by atoms with E-state index in [2.05, 4.69) is 15.1 Å². The maximum atomic E-state index is 12.8. The second kappa shape index (κ2) is 5.64. The van der Waals surface area contributed by atoms with Crippen molar-refractivity contribution in [1.29, 1.82) is 0 Å². The van der Waals surface area contributed by atoms with Crippen molar-refractivity contribution in [3.63, 3.8) is 0 Å². The zero-order valence-electron chi connectivity index (χ0n) is 12.7. The Hall–Kier alpha value is -2.44. The maximum Gasteiger partial charge on any atom is 0.270 e. The van der Waals surface area contributed by atoms with Gasteiger partial charge in [0, 0.05) is 18.5 Å². The largest absolute Gasteiger partial charge is 0.339 e. The predicted octanol–water partition coefficient (Wildman–Crippen LogP) is 2.00. The third kappa shape index (κ3) is 2.78. The number of rotatable bonds is 3. The summed E-state index contributed by atoms with van der Waals surface area (Å²) < 4.78 is 5.34. The summed E-state index contributed by atoms with van der Waals surface area (Å²) in [6.07, 6.45) is 4.96. The van der Waals surface area contributed by atoms with Gasteiger partial charge in [-0.15, -0.1) is 0 Å². The average Bonchev–Trinajstić information content (AvgIpc) is 3.31. The number of nitrogens with one attached hydrogen (secondary N) is 1. The second-order valence-corrected chi connectivity index (χ2v) is 6.20. The molecule has 2 aromatic rings. The highest BCUT2D eigenvalue weighted by Gasteiger charge is 2.35. The van der Waals surface area contributed by atoms with Gasteiger partial charge >= 0.3 is 0 Å². The molecule has 7 nitrogen and oxygen atoms in total. The highest BCUT2D eigenvalue weighted by Crippen LogP contribution is 2.40. The van der Waals surface area contributed by atoms with Crippen molar-refractivity contribution in [3.8, 4) is 0 Å². The smallest absolute Gasteiger partial charge is 0.270 e. The van der Waals surface area contributed by atoms with Crippen LogP contribution >= 0.6 is 0 Å². The Bertz CT molecular complexity index is 777. The number of carbonyl (C=O) groups excluding carboxylic acids is 1. The molecule has 0 aromatic carbocycles. The summed E-state index contributed by atoms with van der Waals surface area (Å²) in [5, 5.41) is 4.09. The summed E-state index contributed by atoms with van der Waals surface area (Å²) in [4.78, 5) is 33.0. The minimum Gasteiger partial charge on any atom is -0.339 e. The molecular weight excluding hydrogens is 296 g/mol. The van der Waals surface area contributed by atoms with Crippen molar-refractivity contribution in [2.45, 2.75) is 44.1 Å². The predicted molar refractivity (Wildman–Crippen MR) is 81.0 cm³/mol. The van der Waals surface area contributed by atoms with E-state index in [9.17, 15) is 9.59 Å². The molecule has 1 aliphatic carbocycles. The molecule has 1 unspecified atom stereocenters. The van der Waals surface area contributed by atoms with Gasteiger partial charge in [0.2, 0.25) is 11.4 Å². The summed E-state index contributed by atoms with van der Waals surface area (Å²) in [7, 11) is 0. The minimum absolute atomic E-state index is 0.184. The van der Waals surface area contributed by atoms with E-state index >= 15 is 0 Å². The first-order chi connectivity index (χ1) is 11.2. The van der Waals surface area contributed by atoms with Crippen molar-refractivity contribution >= 4 is 5.91 Å². The van der Waals surface area contributed by atoms with Crippen LogP contribution in [-0.2, 0) is 0 Å². The van der Waals surface area contributed by atoms with Crippen LogP contribution in [0.2, 0.25) is 0 Å². The highest BCUT2D eigenvalue weighted by molar-refractivity contribution is 5.92. The molecule has 0 radical (unpaired) electrons. The summed E-state index contributed by atoms with van der Waals surface area (Å²) in [6, 6.07) is 4.42. The summed E-state index contributed by atoms with van der Waals surface area (Å²) in [5.41, 5.74) is 0.0234. The molecule has 7 heteroatoms. The van der Waals surface area contributed by atoms with Crippen LogP contribution in [0.5, 0.6) is 0 Å². The molecule has 3 heterocycles. The first kappa shape index (κ1) is 14.2. The normalized spacial score (nSPS) is 21.4. The zero-order chi connectivity index (χ0) is 15.8. The SMILES string of the molecule is O=C(c1cccc(=O)[nH]1)N1CCCCC1c1noc(C2CC2)n1. The van der Waals surface area contributed by atoms with Gasteiger partial charge in [0.05, 0.1) is 6.04 Å². The number of hydrogen-bond acceptors (Lipinski definition) is 5. The number of hydrogen-bond donors (Lipinski definition) is 1. The molecule has 1 amide bonds.